The zero-order chi connectivity index (χ0) is 55.7. The summed E-state index contributed by atoms with van der Waals surface area (Å²) in [5.74, 6) is -0.0238. The van der Waals surface area contributed by atoms with E-state index >= 15 is 0 Å². The minimum Gasteiger partial charge on any atom is -0.466 e. The normalized spacial score (nSPS) is 12.6. The largest absolute Gasteiger partial charge is 0.466 e. The van der Waals surface area contributed by atoms with Gasteiger partial charge in [0.05, 0.1) is 25.4 Å². The van der Waals surface area contributed by atoms with Crippen molar-refractivity contribution < 1.29 is 24.5 Å². The van der Waals surface area contributed by atoms with Gasteiger partial charge in [-0.1, -0.05) is 346 Å². The summed E-state index contributed by atoms with van der Waals surface area (Å²) in [5.41, 5.74) is 0. The third kappa shape index (κ3) is 63.4. The molecule has 0 bridgehead atoms. The van der Waals surface area contributed by atoms with Gasteiger partial charge in [0, 0.05) is 12.8 Å². The van der Waals surface area contributed by atoms with Gasteiger partial charge in [0.25, 0.3) is 0 Å². The number of allylic oxidation sites excluding steroid dienone is 4. The number of amides is 1. The van der Waals surface area contributed by atoms with Gasteiger partial charge in [-0.05, 0) is 57.8 Å². The number of carbonyl (C=O) groups excluding carboxylic acids is 2. The molecule has 0 heterocycles. The summed E-state index contributed by atoms with van der Waals surface area (Å²) in [6.07, 6.45) is 83.6. The van der Waals surface area contributed by atoms with Crippen molar-refractivity contribution in [1.29, 1.82) is 0 Å². The summed E-state index contributed by atoms with van der Waals surface area (Å²) >= 11 is 0. The molecule has 2 unspecified atom stereocenters. The highest BCUT2D eigenvalue weighted by molar-refractivity contribution is 5.76. The van der Waals surface area contributed by atoms with Crippen LogP contribution in [-0.4, -0.2) is 47.4 Å². The molecule has 6 nitrogen and oxygen atoms in total. The zero-order valence-corrected chi connectivity index (χ0v) is 52.2. The molecule has 0 aliphatic heterocycles. The summed E-state index contributed by atoms with van der Waals surface area (Å²) in [6.45, 7) is 4.96. The third-order valence-corrected chi connectivity index (χ3v) is 16.5. The van der Waals surface area contributed by atoms with E-state index in [0.717, 1.165) is 51.4 Å². The Morgan fingerprint density at radius 1 is 0.364 bits per heavy atom. The lowest BCUT2D eigenvalue weighted by Gasteiger charge is -2.22. The molecule has 0 aliphatic carbocycles. The number of nitrogens with one attached hydrogen (secondary N) is 1. The first-order valence-corrected chi connectivity index (χ1v) is 35.1. The summed E-state index contributed by atoms with van der Waals surface area (Å²) in [5, 5.41) is 23.4. The first-order chi connectivity index (χ1) is 38.0. The van der Waals surface area contributed by atoms with Crippen LogP contribution in [0.15, 0.2) is 24.3 Å². The molecular weight excluding hydrogens is 947 g/mol. The Kier molecular flexibility index (Phi) is 65.4. The number of ether oxygens (including phenoxy) is 1. The standard InChI is InChI=1S/C71H137NO5/c1-3-5-7-9-11-13-15-17-19-20-32-36-39-43-47-51-55-59-63-69(74)68(67-73)72-70(75)64-60-56-52-48-44-40-37-33-30-28-26-24-22-21-23-25-27-29-31-34-38-42-46-50-54-58-62-66-77-71(76)65-61-57-53-49-45-41-35-18-16-14-12-10-8-6-4-2/h12,14,18,35,68-69,73-74H,3-11,13,15-17,19-34,36-67H2,1-2H3,(H,72,75)/b14-12-,35-18-. The fourth-order valence-corrected chi connectivity index (χ4v) is 11.1. The fourth-order valence-electron chi connectivity index (χ4n) is 11.1. The van der Waals surface area contributed by atoms with Gasteiger partial charge in [-0.15, -0.1) is 0 Å². The van der Waals surface area contributed by atoms with Crippen molar-refractivity contribution in [2.45, 2.75) is 405 Å². The molecular formula is C71H137NO5. The van der Waals surface area contributed by atoms with Gasteiger partial charge >= 0.3 is 5.97 Å². The lowest BCUT2D eigenvalue weighted by atomic mass is 10.0. The second-order valence-electron chi connectivity index (χ2n) is 24.2. The maximum absolute atomic E-state index is 12.5. The molecule has 0 saturated carbocycles. The summed E-state index contributed by atoms with van der Waals surface area (Å²) in [6, 6.07) is -0.540. The van der Waals surface area contributed by atoms with Crippen LogP contribution in [0.1, 0.15) is 393 Å². The van der Waals surface area contributed by atoms with Gasteiger partial charge in [-0.25, -0.2) is 0 Å². The van der Waals surface area contributed by atoms with Crippen LogP contribution in [0.4, 0.5) is 0 Å². The van der Waals surface area contributed by atoms with E-state index in [-0.39, 0.29) is 18.5 Å². The van der Waals surface area contributed by atoms with E-state index < -0.39 is 12.1 Å². The van der Waals surface area contributed by atoms with Crippen molar-refractivity contribution in [2.24, 2.45) is 0 Å². The van der Waals surface area contributed by atoms with E-state index in [0.29, 0.717) is 25.9 Å². The van der Waals surface area contributed by atoms with E-state index in [9.17, 15) is 19.8 Å². The van der Waals surface area contributed by atoms with Crippen molar-refractivity contribution in [3.8, 4) is 0 Å². The number of esters is 1. The molecule has 0 spiro atoms. The Labute approximate surface area is 481 Å². The van der Waals surface area contributed by atoms with Crippen molar-refractivity contribution in [1.82, 2.24) is 5.32 Å². The number of aliphatic hydroxyl groups is 2. The monoisotopic (exact) mass is 1080 g/mol. The maximum Gasteiger partial charge on any atom is 0.305 e. The van der Waals surface area contributed by atoms with Crippen LogP contribution in [0.25, 0.3) is 0 Å². The minimum atomic E-state index is -0.663. The highest BCUT2D eigenvalue weighted by Gasteiger charge is 2.20. The Morgan fingerprint density at radius 3 is 1.01 bits per heavy atom. The van der Waals surface area contributed by atoms with Crippen LogP contribution in [0.5, 0.6) is 0 Å². The van der Waals surface area contributed by atoms with Crippen LogP contribution in [-0.2, 0) is 14.3 Å². The molecule has 0 aromatic carbocycles. The predicted molar refractivity (Wildman–Crippen MR) is 338 cm³/mol. The highest BCUT2D eigenvalue weighted by Crippen LogP contribution is 2.19. The van der Waals surface area contributed by atoms with E-state index in [1.165, 1.54) is 308 Å². The van der Waals surface area contributed by atoms with Crippen molar-refractivity contribution in [3.63, 3.8) is 0 Å². The predicted octanol–water partition coefficient (Wildman–Crippen LogP) is 22.5. The second kappa shape index (κ2) is 66.8. The van der Waals surface area contributed by atoms with E-state index in [1.807, 2.05) is 0 Å². The van der Waals surface area contributed by atoms with Crippen LogP contribution in [0.2, 0.25) is 0 Å². The molecule has 0 aliphatic rings. The van der Waals surface area contributed by atoms with Gasteiger partial charge < -0.3 is 20.3 Å². The molecule has 3 N–H and O–H groups in total. The lowest BCUT2D eigenvalue weighted by molar-refractivity contribution is -0.143. The maximum atomic E-state index is 12.5. The quantitative estimate of drug-likeness (QED) is 0.0320. The second-order valence-corrected chi connectivity index (χ2v) is 24.2. The van der Waals surface area contributed by atoms with Gasteiger partial charge in [0.1, 0.15) is 0 Å². The Balaban J connectivity index is 3.35. The fraction of sp³-hybridized carbons (Fsp3) is 0.915. The minimum absolute atomic E-state index is 0.00474. The van der Waals surface area contributed by atoms with Crippen molar-refractivity contribution >= 4 is 11.9 Å². The molecule has 0 saturated heterocycles. The van der Waals surface area contributed by atoms with Crippen LogP contribution in [0.3, 0.4) is 0 Å². The zero-order valence-electron chi connectivity index (χ0n) is 52.2. The molecule has 0 aromatic rings. The Bertz CT molecular complexity index is 1200. The molecule has 2 atom stereocenters. The lowest BCUT2D eigenvalue weighted by Crippen LogP contribution is -2.45. The number of unbranched alkanes of at least 4 members (excludes halogenated alkanes) is 51. The van der Waals surface area contributed by atoms with Gasteiger partial charge in [0.15, 0.2) is 0 Å². The number of hydrogen-bond acceptors (Lipinski definition) is 5. The molecule has 0 rings (SSSR count). The smallest absolute Gasteiger partial charge is 0.305 e. The van der Waals surface area contributed by atoms with Crippen LogP contribution in [0, 0.1) is 0 Å². The van der Waals surface area contributed by atoms with Gasteiger partial charge in [-0.3, -0.25) is 9.59 Å². The molecule has 1 amide bonds. The Morgan fingerprint density at radius 2 is 0.649 bits per heavy atom. The number of aliphatic hydroxyl groups excluding tert-OH is 2. The first kappa shape index (κ1) is 75.3. The van der Waals surface area contributed by atoms with E-state index in [1.54, 1.807) is 0 Å². The molecule has 0 fully saturated rings. The highest BCUT2D eigenvalue weighted by atomic mass is 16.5. The molecule has 456 valence electrons. The Hall–Kier alpha value is -1.66. The summed E-state index contributed by atoms with van der Waals surface area (Å²) in [7, 11) is 0. The van der Waals surface area contributed by atoms with Gasteiger partial charge in [-0.2, -0.15) is 0 Å². The molecule has 6 heteroatoms. The van der Waals surface area contributed by atoms with E-state index in [4.69, 9.17) is 4.74 Å². The molecule has 0 aromatic heterocycles. The number of rotatable bonds is 66. The number of hydrogen-bond donors (Lipinski definition) is 3. The SMILES string of the molecule is CCCCC/C=C\C/C=C\CCCCCCCC(=O)OCCCCCCCCCCCCCCCCCCCCCCCCCCCCCC(=O)NC(CO)C(O)CCCCCCCCCCCCCCCCCCCC. The van der Waals surface area contributed by atoms with Crippen LogP contribution >= 0.6 is 0 Å². The van der Waals surface area contributed by atoms with E-state index in [2.05, 4.69) is 43.5 Å². The van der Waals surface area contributed by atoms with Crippen molar-refractivity contribution in [3.05, 3.63) is 24.3 Å². The average molecular weight is 1080 g/mol. The number of carbonyl (C=O) groups is 2. The average Bonchev–Trinajstić information content (AvgIpc) is 3.43. The third-order valence-electron chi connectivity index (χ3n) is 16.5. The summed E-state index contributed by atoms with van der Waals surface area (Å²) in [4.78, 5) is 24.6. The topological polar surface area (TPSA) is 95.9 Å². The summed E-state index contributed by atoms with van der Waals surface area (Å²) < 4.78 is 5.49. The first-order valence-electron chi connectivity index (χ1n) is 35.1. The molecule has 0 radical (unpaired) electrons. The molecule has 77 heavy (non-hydrogen) atoms. The van der Waals surface area contributed by atoms with Gasteiger partial charge in [0.2, 0.25) is 5.91 Å². The van der Waals surface area contributed by atoms with Crippen molar-refractivity contribution in [2.75, 3.05) is 13.2 Å². The van der Waals surface area contributed by atoms with Crippen LogP contribution < -0.4 is 5.32 Å².